The first-order valence-electron chi connectivity index (χ1n) is 8.13. The van der Waals surface area contributed by atoms with Crippen molar-refractivity contribution in [3.63, 3.8) is 0 Å². The second-order valence-electron chi connectivity index (χ2n) is 5.81. The standard InChI is InChI=1S/C20H20N4O/c1-15-5-7-16(8-6-15)11-23-19-10-17(12-21-13-19)20(25)24-14-18-4-2-3-9-22-18/h2-10,12-13,23H,11,14H2,1H3,(H,24,25). The van der Waals surface area contributed by atoms with E-state index in [2.05, 4.69) is 51.8 Å². The smallest absolute Gasteiger partial charge is 0.253 e. The van der Waals surface area contributed by atoms with Gasteiger partial charge in [-0.2, -0.15) is 0 Å². The Labute approximate surface area is 147 Å². The molecule has 2 N–H and O–H groups in total. The number of benzene rings is 1. The molecule has 25 heavy (non-hydrogen) atoms. The molecule has 0 spiro atoms. The van der Waals surface area contributed by atoms with Gasteiger partial charge in [0.1, 0.15) is 0 Å². The molecule has 0 saturated carbocycles. The minimum atomic E-state index is -0.169. The third kappa shape index (κ3) is 4.88. The van der Waals surface area contributed by atoms with Crippen molar-refractivity contribution in [1.29, 1.82) is 0 Å². The lowest BCUT2D eigenvalue weighted by Gasteiger charge is -2.09. The van der Waals surface area contributed by atoms with Crippen LogP contribution in [-0.2, 0) is 13.1 Å². The molecule has 0 unspecified atom stereocenters. The average molecular weight is 332 g/mol. The van der Waals surface area contributed by atoms with Crippen LogP contribution >= 0.6 is 0 Å². The fourth-order valence-electron chi connectivity index (χ4n) is 2.35. The van der Waals surface area contributed by atoms with Crippen LogP contribution in [0, 0.1) is 6.92 Å². The van der Waals surface area contributed by atoms with E-state index in [1.165, 1.54) is 11.1 Å². The third-order valence-electron chi connectivity index (χ3n) is 3.77. The minimum absolute atomic E-state index is 0.169. The number of amides is 1. The van der Waals surface area contributed by atoms with Crippen LogP contribution in [0.4, 0.5) is 5.69 Å². The number of hydrogen-bond acceptors (Lipinski definition) is 4. The maximum Gasteiger partial charge on any atom is 0.253 e. The fourth-order valence-corrected chi connectivity index (χ4v) is 2.35. The number of hydrogen-bond donors (Lipinski definition) is 2. The molecule has 0 aliphatic heterocycles. The molecular weight excluding hydrogens is 312 g/mol. The van der Waals surface area contributed by atoms with Gasteiger partial charge in [0.05, 0.1) is 23.5 Å². The van der Waals surface area contributed by atoms with Crippen molar-refractivity contribution in [1.82, 2.24) is 15.3 Å². The van der Waals surface area contributed by atoms with Gasteiger partial charge in [-0.05, 0) is 30.7 Å². The summed E-state index contributed by atoms with van der Waals surface area (Å²) >= 11 is 0. The van der Waals surface area contributed by atoms with Crippen LogP contribution in [0.25, 0.3) is 0 Å². The highest BCUT2D eigenvalue weighted by Gasteiger charge is 2.07. The van der Waals surface area contributed by atoms with E-state index in [1.807, 2.05) is 18.2 Å². The highest BCUT2D eigenvalue weighted by Crippen LogP contribution is 2.11. The Morgan fingerprint density at radius 2 is 1.88 bits per heavy atom. The summed E-state index contributed by atoms with van der Waals surface area (Å²) in [5, 5.41) is 6.15. The Bertz CT molecular complexity index is 832. The predicted octanol–water partition coefficient (Wildman–Crippen LogP) is 3.33. The highest BCUT2D eigenvalue weighted by molar-refractivity contribution is 5.94. The molecule has 0 fully saturated rings. The molecule has 0 bridgehead atoms. The van der Waals surface area contributed by atoms with Crippen LogP contribution in [0.3, 0.4) is 0 Å². The number of aryl methyl sites for hydroxylation is 1. The van der Waals surface area contributed by atoms with Gasteiger partial charge in [-0.1, -0.05) is 35.9 Å². The molecule has 0 saturated heterocycles. The summed E-state index contributed by atoms with van der Waals surface area (Å²) in [6, 6.07) is 15.7. The first kappa shape index (κ1) is 16.6. The Kier molecular flexibility index (Phi) is 5.36. The first-order chi connectivity index (χ1) is 12.2. The largest absolute Gasteiger partial charge is 0.380 e. The molecule has 0 aliphatic rings. The summed E-state index contributed by atoms with van der Waals surface area (Å²) in [4.78, 5) is 20.6. The number of nitrogens with one attached hydrogen (secondary N) is 2. The predicted molar refractivity (Wildman–Crippen MR) is 98.1 cm³/mol. The molecule has 0 aliphatic carbocycles. The van der Waals surface area contributed by atoms with Gasteiger partial charge in [0.15, 0.2) is 0 Å². The van der Waals surface area contributed by atoms with Gasteiger partial charge in [-0.15, -0.1) is 0 Å². The van der Waals surface area contributed by atoms with Gasteiger partial charge in [-0.3, -0.25) is 14.8 Å². The van der Waals surface area contributed by atoms with E-state index in [4.69, 9.17) is 0 Å². The molecule has 2 aromatic heterocycles. The molecule has 1 amide bonds. The second-order valence-corrected chi connectivity index (χ2v) is 5.81. The Morgan fingerprint density at radius 1 is 1.04 bits per heavy atom. The highest BCUT2D eigenvalue weighted by atomic mass is 16.1. The van der Waals surface area contributed by atoms with Crippen molar-refractivity contribution in [2.75, 3.05) is 5.32 Å². The molecule has 5 nitrogen and oxygen atoms in total. The molecular formula is C20H20N4O. The van der Waals surface area contributed by atoms with Crippen LogP contribution in [0.2, 0.25) is 0 Å². The maximum atomic E-state index is 12.3. The molecule has 0 radical (unpaired) electrons. The average Bonchev–Trinajstić information content (AvgIpc) is 2.67. The number of pyridine rings is 2. The summed E-state index contributed by atoms with van der Waals surface area (Å²) in [7, 11) is 0. The SMILES string of the molecule is Cc1ccc(CNc2cncc(C(=O)NCc3ccccn3)c2)cc1. The molecule has 126 valence electrons. The van der Waals surface area contributed by atoms with Crippen molar-refractivity contribution in [2.45, 2.75) is 20.0 Å². The lowest BCUT2D eigenvalue weighted by molar-refractivity contribution is 0.0950. The minimum Gasteiger partial charge on any atom is -0.380 e. The van der Waals surface area contributed by atoms with E-state index in [0.29, 0.717) is 18.7 Å². The van der Waals surface area contributed by atoms with E-state index >= 15 is 0 Å². The number of carbonyl (C=O) groups is 1. The van der Waals surface area contributed by atoms with Crippen molar-refractivity contribution in [3.8, 4) is 0 Å². The van der Waals surface area contributed by atoms with Crippen molar-refractivity contribution in [2.24, 2.45) is 0 Å². The Hall–Kier alpha value is -3.21. The zero-order valence-corrected chi connectivity index (χ0v) is 14.1. The second kappa shape index (κ2) is 8.06. The van der Waals surface area contributed by atoms with Gasteiger partial charge in [0.25, 0.3) is 5.91 Å². The van der Waals surface area contributed by atoms with Gasteiger partial charge >= 0.3 is 0 Å². The molecule has 3 rings (SSSR count). The topological polar surface area (TPSA) is 66.9 Å². The number of rotatable bonds is 6. The monoisotopic (exact) mass is 332 g/mol. The van der Waals surface area contributed by atoms with Crippen molar-refractivity contribution >= 4 is 11.6 Å². The summed E-state index contributed by atoms with van der Waals surface area (Å²) in [5.41, 5.74) is 4.56. The van der Waals surface area contributed by atoms with Crippen molar-refractivity contribution in [3.05, 3.63) is 89.5 Å². The van der Waals surface area contributed by atoms with Crippen molar-refractivity contribution < 1.29 is 4.79 Å². The van der Waals surface area contributed by atoms with E-state index in [1.54, 1.807) is 24.7 Å². The fraction of sp³-hybridized carbons (Fsp3) is 0.150. The molecule has 0 atom stereocenters. The van der Waals surface area contributed by atoms with E-state index in [-0.39, 0.29) is 5.91 Å². The molecule has 5 heteroatoms. The summed E-state index contributed by atoms with van der Waals surface area (Å²) in [6.45, 7) is 3.13. The van der Waals surface area contributed by atoms with Crippen LogP contribution in [0.1, 0.15) is 27.2 Å². The number of anilines is 1. The van der Waals surface area contributed by atoms with Gasteiger partial charge in [-0.25, -0.2) is 0 Å². The molecule has 3 aromatic rings. The Balaban J connectivity index is 1.58. The zero-order chi connectivity index (χ0) is 17.5. The summed E-state index contributed by atoms with van der Waals surface area (Å²) < 4.78 is 0. The molecule has 1 aromatic carbocycles. The van der Waals surface area contributed by atoms with E-state index in [9.17, 15) is 4.79 Å². The van der Waals surface area contributed by atoms with Crippen LogP contribution in [0.5, 0.6) is 0 Å². The zero-order valence-electron chi connectivity index (χ0n) is 14.1. The lowest BCUT2D eigenvalue weighted by Crippen LogP contribution is -2.23. The lowest BCUT2D eigenvalue weighted by atomic mass is 10.1. The number of carbonyl (C=O) groups excluding carboxylic acids is 1. The van der Waals surface area contributed by atoms with Crippen LogP contribution < -0.4 is 10.6 Å². The summed E-state index contributed by atoms with van der Waals surface area (Å²) in [5.74, 6) is -0.169. The quantitative estimate of drug-likeness (QED) is 0.726. The third-order valence-corrected chi connectivity index (χ3v) is 3.77. The maximum absolute atomic E-state index is 12.3. The van der Waals surface area contributed by atoms with E-state index in [0.717, 1.165) is 11.4 Å². The van der Waals surface area contributed by atoms with E-state index < -0.39 is 0 Å². The van der Waals surface area contributed by atoms with Gasteiger partial charge in [0.2, 0.25) is 0 Å². The number of nitrogens with zero attached hydrogens (tertiary/aromatic N) is 2. The van der Waals surface area contributed by atoms with Crippen LogP contribution in [-0.4, -0.2) is 15.9 Å². The number of aromatic nitrogens is 2. The van der Waals surface area contributed by atoms with Gasteiger partial charge < -0.3 is 10.6 Å². The summed E-state index contributed by atoms with van der Waals surface area (Å²) in [6.07, 6.45) is 4.98. The van der Waals surface area contributed by atoms with Crippen LogP contribution in [0.15, 0.2) is 67.1 Å². The Morgan fingerprint density at radius 3 is 2.64 bits per heavy atom. The molecule has 2 heterocycles. The first-order valence-corrected chi connectivity index (χ1v) is 8.13. The normalized spacial score (nSPS) is 10.3. The van der Waals surface area contributed by atoms with Gasteiger partial charge in [0, 0.05) is 25.1 Å².